The summed E-state index contributed by atoms with van der Waals surface area (Å²) in [6.07, 6.45) is 1.68. The Labute approximate surface area is 84.0 Å². The highest BCUT2D eigenvalue weighted by Gasteiger charge is 2.10. The van der Waals surface area contributed by atoms with Crippen molar-refractivity contribution in [3.8, 4) is 10.7 Å². The van der Waals surface area contributed by atoms with Crippen molar-refractivity contribution in [1.82, 2.24) is 20.4 Å². The molecule has 0 saturated carbocycles. The van der Waals surface area contributed by atoms with Crippen LogP contribution in [0.3, 0.4) is 0 Å². The van der Waals surface area contributed by atoms with Gasteiger partial charge in [0.05, 0.1) is 11.1 Å². The summed E-state index contributed by atoms with van der Waals surface area (Å²) in [5, 5.41) is 16.2. The van der Waals surface area contributed by atoms with Gasteiger partial charge in [-0.05, 0) is 13.0 Å². The van der Waals surface area contributed by atoms with Crippen LogP contribution in [0.25, 0.3) is 10.7 Å². The first-order valence-corrected chi connectivity index (χ1v) is 5.00. The molecule has 0 bridgehead atoms. The Hall–Kier alpha value is -0.940. The molecule has 1 N–H and O–H groups in total. The van der Waals surface area contributed by atoms with Crippen LogP contribution in [0, 0.1) is 0 Å². The Morgan fingerprint density at radius 1 is 1.54 bits per heavy atom. The first-order valence-electron chi connectivity index (χ1n) is 3.74. The smallest absolute Gasteiger partial charge is 0.165 e. The van der Waals surface area contributed by atoms with Crippen molar-refractivity contribution in [2.24, 2.45) is 0 Å². The predicted molar refractivity (Wildman–Crippen MR) is 51.8 cm³/mol. The number of H-pyrrole nitrogens is 1. The Morgan fingerprint density at radius 3 is 2.92 bits per heavy atom. The molecule has 0 aliphatic carbocycles. The van der Waals surface area contributed by atoms with Gasteiger partial charge in [-0.25, -0.2) is 0 Å². The van der Waals surface area contributed by atoms with E-state index in [2.05, 4.69) is 20.4 Å². The third kappa shape index (κ3) is 1.71. The van der Waals surface area contributed by atoms with Crippen LogP contribution in [-0.2, 0) is 0 Å². The summed E-state index contributed by atoms with van der Waals surface area (Å²) < 4.78 is 0. The number of aromatic amines is 1. The summed E-state index contributed by atoms with van der Waals surface area (Å²) in [5.74, 6) is 0. The maximum Gasteiger partial charge on any atom is 0.165 e. The molecule has 0 amide bonds. The average Bonchev–Trinajstić information content (AvgIpc) is 2.75. The molecule has 2 aromatic heterocycles. The van der Waals surface area contributed by atoms with Crippen molar-refractivity contribution in [2.75, 3.05) is 0 Å². The second-order valence-corrected chi connectivity index (χ2v) is 4.20. The minimum Gasteiger partial charge on any atom is -0.275 e. The van der Waals surface area contributed by atoms with E-state index in [1.54, 1.807) is 6.20 Å². The largest absolute Gasteiger partial charge is 0.275 e. The maximum absolute atomic E-state index is 5.86. The molecule has 2 rings (SSSR count). The summed E-state index contributed by atoms with van der Waals surface area (Å²) >= 11 is 7.33. The molecule has 6 heteroatoms. The van der Waals surface area contributed by atoms with E-state index in [1.165, 1.54) is 11.3 Å². The van der Waals surface area contributed by atoms with Gasteiger partial charge in [0.25, 0.3) is 0 Å². The van der Waals surface area contributed by atoms with E-state index in [4.69, 9.17) is 11.6 Å². The Morgan fingerprint density at radius 2 is 2.38 bits per heavy atom. The lowest BCUT2D eigenvalue weighted by Crippen LogP contribution is -1.80. The van der Waals surface area contributed by atoms with Gasteiger partial charge in [-0.15, -0.1) is 21.8 Å². The van der Waals surface area contributed by atoms with Gasteiger partial charge >= 0.3 is 0 Å². The molecule has 13 heavy (non-hydrogen) atoms. The first-order chi connectivity index (χ1) is 6.27. The molecule has 0 aliphatic heterocycles. The van der Waals surface area contributed by atoms with Crippen LogP contribution in [0.4, 0.5) is 0 Å². The van der Waals surface area contributed by atoms with E-state index in [0.29, 0.717) is 0 Å². The lowest BCUT2D eigenvalue weighted by molar-refractivity contribution is 0.959. The summed E-state index contributed by atoms with van der Waals surface area (Å²) in [4.78, 5) is 0. The molecule has 1 unspecified atom stereocenters. The highest BCUT2D eigenvalue weighted by atomic mass is 35.5. The third-order valence-corrected chi connectivity index (χ3v) is 2.99. The van der Waals surface area contributed by atoms with Crippen molar-refractivity contribution in [3.05, 3.63) is 17.3 Å². The van der Waals surface area contributed by atoms with Crippen LogP contribution in [0.5, 0.6) is 0 Å². The number of alkyl halides is 1. The van der Waals surface area contributed by atoms with E-state index in [0.717, 1.165) is 15.7 Å². The van der Waals surface area contributed by atoms with Crippen LogP contribution in [0.1, 0.15) is 17.3 Å². The zero-order valence-corrected chi connectivity index (χ0v) is 8.43. The molecule has 4 nitrogen and oxygen atoms in total. The molecule has 0 radical (unpaired) electrons. The highest BCUT2D eigenvalue weighted by molar-refractivity contribution is 7.14. The quantitative estimate of drug-likeness (QED) is 0.780. The number of nitrogens with one attached hydrogen (secondary N) is 1. The van der Waals surface area contributed by atoms with Crippen LogP contribution in [0.2, 0.25) is 0 Å². The minimum atomic E-state index is -0.0887. The van der Waals surface area contributed by atoms with Gasteiger partial charge in [0.15, 0.2) is 5.01 Å². The molecular formula is C7H7ClN4S. The summed E-state index contributed by atoms with van der Waals surface area (Å²) in [6, 6.07) is 1.85. The zero-order chi connectivity index (χ0) is 9.26. The number of aromatic nitrogens is 4. The van der Waals surface area contributed by atoms with Crippen LogP contribution >= 0.6 is 22.9 Å². The summed E-state index contributed by atoms with van der Waals surface area (Å²) in [6.45, 7) is 1.87. The number of nitrogens with zero attached hydrogens (tertiary/aromatic N) is 3. The van der Waals surface area contributed by atoms with Crippen LogP contribution < -0.4 is 0 Å². The zero-order valence-electron chi connectivity index (χ0n) is 6.86. The fourth-order valence-corrected chi connectivity index (χ4v) is 1.80. The Bertz CT molecular complexity index is 381. The first kappa shape index (κ1) is 8.65. The molecular weight excluding hydrogens is 208 g/mol. The molecule has 2 heterocycles. The number of hydrogen-bond acceptors (Lipinski definition) is 4. The molecule has 1 atom stereocenters. The number of rotatable bonds is 2. The van der Waals surface area contributed by atoms with Gasteiger partial charge in [-0.2, -0.15) is 5.10 Å². The second-order valence-electron chi connectivity index (χ2n) is 2.53. The molecule has 68 valence electrons. The minimum absolute atomic E-state index is 0.0887. The highest BCUT2D eigenvalue weighted by Crippen LogP contribution is 2.27. The topological polar surface area (TPSA) is 54.5 Å². The third-order valence-electron chi connectivity index (χ3n) is 1.51. The Balaban J connectivity index is 2.33. The fraction of sp³-hybridized carbons (Fsp3) is 0.286. The monoisotopic (exact) mass is 214 g/mol. The van der Waals surface area contributed by atoms with E-state index in [-0.39, 0.29) is 5.38 Å². The fourth-order valence-electron chi connectivity index (χ4n) is 0.879. The molecule has 0 aliphatic rings. The average molecular weight is 215 g/mol. The Kier molecular flexibility index (Phi) is 2.28. The molecule has 0 spiro atoms. The normalized spacial score (nSPS) is 13.1. The second kappa shape index (κ2) is 3.43. The van der Waals surface area contributed by atoms with E-state index >= 15 is 0 Å². The van der Waals surface area contributed by atoms with Crippen LogP contribution in [-0.4, -0.2) is 20.4 Å². The van der Waals surface area contributed by atoms with Crippen molar-refractivity contribution < 1.29 is 0 Å². The summed E-state index contributed by atoms with van der Waals surface area (Å²) in [5.41, 5.74) is 0.876. The molecule has 0 saturated heterocycles. The molecule has 2 aromatic rings. The van der Waals surface area contributed by atoms with Crippen molar-refractivity contribution in [2.45, 2.75) is 12.3 Å². The maximum atomic E-state index is 5.86. The van der Waals surface area contributed by atoms with Gasteiger partial charge in [-0.3, -0.25) is 5.10 Å². The lowest BCUT2D eigenvalue weighted by Gasteiger charge is -1.90. The van der Waals surface area contributed by atoms with Crippen molar-refractivity contribution >= 4 is 22.9 Å². The SMILES string of the molecule is CC(Cl)c1nnc(-c2ccn[nH]2)s1. The van der Waals surface area contributed by atoms with Crippen LogP contribution in [0.15, 0.2) is 12.3 Å². The van der Waals surface area contributed by atoms with Gasteiger partial charge in [0.2, 0.25) is 0 Å². The van der Waals surface area contributed by atoms with Crippen molar-refractivity contribution in [3.63, 3.8) is 0 Å². The number of halogens is 1. The predicted octanol–water partition coefficient (Wildman–Crippen LogP) is 2.23. The van der Waals surface area contributed by atoms with E-state index in [1.807, 2.05) is 13.0 Å². The van der Waals surface area contributed by atoms with Gasteiger partial charge in [-0.1, -0.05) is 11.3 Å². The summed E-state index contributed by atoms with van der Waals surface area (Å²) in [7, 11) is 0. The van der Waals surface area contributed by atoms with Crippen molar-refractivity contribution in [1.29, 1.82) is 0 Å². The standard InChI is InChI=1S/C7H7ClN4S/c1-4(8)6-11-12-7(13-6)5-2-3-9-10-5/h2-4H,1H3,(H,9,10). The van der Waals surface area contributed by atoms with Gasteiger partial charge in [0, 0.05) is 6.20 Å². The van der Waals surface area contributed by atoms with E-state index < -0.39 is 0 Å². The van der Waals surface area contributed by atoms with Gasteiger partial charge < -0.3 is 0 Å². The lowest BCUT2D eigenvalue weighted by atomic mass is 10.5. The van der Waals surface area contributed by atoms with E-state index in [9.17, 15) is 0 Å². The molecule has 0 fully saturated rings. The molecule has 0 aromatic carbocycles. The van der Waals surface area contributed by atoms with Gasteiger partial charge in [0.1, 0.15) is 5.01 Å². The number of hydrogen-bond donors (Lipinski definition) is 1.